The van der Waals surface area contributed by atoms with E-state index < -0.39 is 5.97 Å². The molecule has 88 valence electrons. The number of carbonyl (C=O) groups is 1. The second-order valence-corrected chi connectivity index (χ2v) is 3.56. The fourth-order valence-electron chi connectivity index (χ4n) is 1.48. The molecule has 1 aromatic carbocycles. The van der Waals surface area contributed by atoms with Crippen LogP contribution in [0.1, 0.15) is 16.1 Å². The molecule has 2 N–H and O–H groups in total. The highest BCUT2D eigenvalue weighted by Crippen LogP contribution is 2.18. The molecule has 0 fully saturated rings. The summed E-state index contributed by atoms with van der Waals surface area (Å²) < 4.78 is 0. The molecule has 2 rings (SSSR count). The molecule has 0 aliphatic carbocycles. The van der Waals surface area contributed by atoms with Crippen LogP contribution in [0, 0.1) is 11.3 Å². The Labute approximate surface area is 103 Å². The molecule has 0 saturated carbocycles. The number of aromatic nitrogens is 2. The Morgan fingerprint density at radius 1 is 1.39 bits per heavy atom. The van der Waals surface area contributed by atoms with E-state index in [4.69, 9.17) is 10.4 Å². The van der Waals surface area contributed by atoms with Crippen molar-refractivity contribution in [1.29, 1.82) is 5.26 Å². The molecule has 0 spiro atoms. The van der Waals surface area contributed by atoms with Crippen LogP contribution in [0.4, 0.5) is 0 Å². The molecule has 0 saturated heterocycles. The SMILES string of the molecule is N#CC=Cc1ccc(-c2cc(C(=O)O)[nH]n2)cc1. The maximum Gasteiger partial charge on any atom is 0.353 e. The Kier molecular flexibility index (Phi) is 3.21. The van der Waals surface area contributed by atoms with E-state index in [9.17, 15) is 4.79 Å². The second kappa shape index (κ2) is 4.97. The highest BCUT2D eigenvalue weighted by molar-refractivity contribution is 5.86. The van der Waals surface area contributed by atoms with Crippen LogP contribution in [0.3, 0.4) is 0 Å². The fraction of sp³-hybridized carbons (Fsp3) is 0. The molecule has 2 aromatic rings. The number of carboxylic acids is 1. The van der Waals surface area contributed by atoms with E-state index in [-0.39, 0.29) is 5.69 Å². The van der Waals surface area contributed by atoms with Crippen molar-refractivity contribution in [3.8, 4) is 17.3 Å². The minimum Gasteiger partial charge on any atom is -0.477 e. The molecule has 0 aliphatic heterocycles. The molecule has 18 heavy (non-hydrogen) atoms. The summed E-state index contributed by atoms with van der Waals surface area (Å²) in [6.07, 6.45) is 3.09. The number of nitrogens with zero attached hydrogens (tertiary/aromatic N) is 2. The predicted molar refractivity (Wildman–Crippen MR) is 65.6 cm³/mol. The van der Waals surface area contributed by atoms with Crippen molar-refractivity contribution in [2.45, 2.75) is 0 Å². The first kappa shape index (κ1) is 11.6. The van der Waals surface area contributed by atoms with Crippen molar-refractivity contribution >= 4 is 12.0 Å². The van der Waals surface area contributed by atoms with Gasteiger partial charge < -0.3 is 5.11 Å². The maximum atomic E-state index is 10.7. The van der Waals surface area contributed by atoms with Gasteiger partial charge in [0.25, 0.3) is 0 Å². The third-order valence-corrected chi connectivity index (χ3v) is 2.37. The van der Waals surface area contributed by atoms with Gasteiger partial charge in [0.15, 0.2) is 0 Å². The van der Waals surface area contributed by atoms with E-state index >= 15 is 0 Å². The smallest absolute Gasteiger partial charge is 0.353 e. The average molecular weight is 239 g/mol. The summed E-state index contributed by atoms with van der Waals surface area (Å²) in [5.41, 5.74) is 2.34. The number of allylic oxidation sites excluding steroid dienone is 1. The molecule has 0 radical (unpaired) electrons. The van der Waals surface area contributed by atoms with Crippen LogP contribution < -0.4 is 0 Å². The Morgan fingerprint density at radius 2 is 2.11 bits per heavy atom. The lowest BCUT2D eigenvalue weighted by molar-refractivity contribution is 0.0690. The van der Waals surface area contributed by atoms with Crippen molar-refractivity contribution in [2.24, 2.45) is 0 Å². The average Bonchev–Trinajstić information content (AvgIpc) is 2.87. The molecule has 0 unspecified atom stereocenters. The number of benzene rings is 1. The Bertz CT molecular complexity index is 633. The van der Waals surface area contributed by atoms with Crippen molar-refractivity contribution in [3.63, 3.8) is 0 Å². The molecule has 0 aliphatic rings. The zero-order chi connectivity index (χ0) is 13.0. The van der Waals surface area contributed by atoms with Crippen molar-refractivity contribution < 1.29 is 9.90 Å². The Balaban J connectivity index is 2.26. The van der Waals surface area contributed by atoms with Gasteiger partial charge in [-0.15, -0.1) is 0 Å². The molecular weight excluding hydrogens is 230 g/mol. The van der Waals surface area contributed by atoms with Crippen LogP contribution in [0.15, 0.2) is 36.4 Å². The van der Waals surface area contributed by atoms with Crippen LogP contribution in [0.2, 0.25) is 0 Å². The number of carboxylic acid groups (broad SMARTS) is 1. The third-order valence-electron chi connectivity index (χ3n) is 2.37. The van der Waals surface area contributed by atoms with Crippen molar-refractivity contribution in [1.82, 2.24) is 10.2 Å². The largest absolute Gasteiger partial charge is 0.477 e. The summed E-state index contributed by atoms with van der Waals surface area (Å²) in [6.45, 7) is 0. The number of aromatic amines is 1. The Hall–Kier alpha value is -2.87. The number of rotatable bonds is 3. The number of nitriles is 1. The number of hydrogen-bond donors (Lipinski definition) is 2. The number of aromatic carboxylic acids is 1. The van der Waals surface area contributed by atoms with Gasteiger partial charge in [-0.2, -0.15) is 10.4 Å². The fourth-order valence-corrected chi connectivity index (χ4v) is 1.48. The van der Waals surface area contributed by atoms with E-state index in [0.717, 1.165) is 11.1 Å². The van der Waals surface area contributed by atoms with Crippen molar-refractivity contribution in [3.05, 3.63) is 47.7 Å². The van der Waals surface area contributed by atoms with Gasteiger partial charge in [-0.3, -0.25) is 5.10 Å². The van der Waals surface area contributed by atoms with Gasteiger partial charge in [-0.1, -0.05) is 24.3 Å². The summed E-state index contributed by atoms with van der Waals surface area (Å²) in [5.74, 6) is -1.04. The maximum absolute atomic E-state index is 10.7. The number of nitrogens with one attached hydrogen (secondary N) is 1. The van der Waals surface area contributed by atoms with Gasteiger partial charge in [0.05, 0.1) is 11.8 Å². The summed E-state index contributed by atoms with van der Waals surface area (Å²) in [7, 11) is 0. The van der Waals surface area contributed by atoms with Gasteiger partial charge >= 0.3 is 5.97 Å². The van der Waals surface area contributed by atoms with Crippen LogP contribution in [-0.2, 0) is 0 Å². The normalized spacial score (nSPS) is 10.4. The van der Waals surface area contributed by atoms with E-state index in [0.29, 0.717) is 5.69 Å². The molecule has 0 amide bonds. The van der Waals surface area contributed by atoms with Crippen LogP contribution in [0.25, 0.3) is 17.3 Å². The minimum absolute atomic E-state index is 0.0541. The summed E-state index contributed by atoms with van der Waals surface area (Å²) >= 11 is 0. The highest BCUT2D eigenvalue weighted by atomic mass is 16.4. The minimum atomic E-state index is -1.04. The summed E-state index contributed by atoms with van der Waals surface area (Å²) in [5, 5.41) is 23.6. The topological polar surface area (TPSA) is 89.8 Å². The van der Waals surface area contributed by atoms with Gasteiger partial charge in [-0.05, 0) is 17.7 Å². The molecule has 5 heteroatoms. The molecular formula is C13H9N3O2. The second-order valence-electron chi connectivity index (χ2n) is 3.56. The molecule has 0 atom stereocenters. The third kappa shape index (κ3) is 2.44. The van der Waals surface area contributed by atoms with E-state index in [1.807, 2.05) is 30.3 Å². The highest BCUT2D eigenvalue weighted by Gasteiger charge is 2.08. The lowest BCUT2D eigenvalue weighted by atomic mass is 10.1. The van der Waals surface area contributed by atoms with Gasteiger partial charge in [-0.25, -0.2) is 4.79 Å². The molecule has 1 heterocycles. The van der Waals surface area contributed by atoms with Gasteiger partial charge in [0.2, 0.25) is 0 Å². The monoisotopic (exact) mass is 239 g/mol. The van der Waals surface area contributed by atoms with Gasteiger partial charge in [0.1, 0.15) is 5.69 Å². The molecule has 5 nitrogen and oxygen atoms in total. The first-order chi connectivity index (χ1) is 8.70. The van der Waals surface area contributed by atoms with Gasteiger partial charge in [0, 0.05) is 11.6 Å². The standard InChI is InChI=1S/C13H9N3O2/c14-7-1-2-9-3-5-10(6-4-9)11-8-12(13(17)18)16-15-11/h1-6,8H,(H,15,16)(H,17,18). The van der Waals surface area contributed by atoms with Crippen LogP contribution >= 0.6 is 0 Å². The lowest BCUT2D eigenvalue weighted by Gasteiger charge is -1.96. The lowest BCUT2D eigenvalue weighted by Crippen LogP contribution is -1.95. The van der Waals surface area contributed by atoms with E-state index in [1.54, 1.807) is 6.08 Å². The first-order valence-electron chi connectivity index (χ1n) is 5.16. The van der Waals surface area contributed by atoms with E-state index in [1.165, 1.54) is 12.1 Å². The number of hydrogen-bond acceptors (Lipinski definition) is 3. The van der Waals surface area contributed by atoms with Crippen LogP contribution in [-0.4, -0.2) is 21.3 Å². The molecule has 0 bridgehead atoms. The summed E-state index contributed by atoms with van der Waals surface area (Å²) in [4.78, 5) is 10.7. The first-order valence-corrected chi connectivity index (χ1v) is 5.16. The van der Waals surface area contributed by atoms with Crippen LogP contribution in [0.5, 0.6) is 0 Å². The Morgan fingerprint density at radius 3 is 2.67 bits per heavy atom. The zero-order valence-corrected chi connectivity index (χ0v) is 9.29. The molecule has 1 aromatic heterocycles. The quantitative estimate of drug-likeness (QED) is 0.804. The number of H-pyrrole nitrogens is 1. The zero-order valence-electron chi connectivity index (χ0n) is 9.29. The predicted octanol–water partition coefficient (Wildman–Crippen LogP) is 2.31. The van der Waals surface area contributed by atoms with Crippen molar-refractivity contribution in [2.75, 3.05) is 0 Å². The van der Waals surface area contributed by atoms with E-state index in [2.05, 4.69) is 10.2 Å². The summed E-state index contributed by atoms with van der Waals surface area (Å²) in [6, 6.07) is 10.7.